The highest BCUT2D eigenvalue weighted by atomic mass is 32.2. The quantitative estimate of drug-likeness (QED) is 0.622. The van der Waals surface area contributed by atoms with Crippen molar-refractivity contribution in [3.8, 4) is 5.75 Å². The third-order valence-electron chi connectivity index (χ3n) is 5.57. The summed E-state index contributed by atoms with van der Waals surface area (Å²) in [6.45, 7) is 6.89. The van der Waals surface area contributed by atoms with Gasteiger partial charge in [-0.05, 0) is 67.6 Å². The van der Waals surface area contributed by atoms with Gasteiger partial charge in [0.25, 0.3) is 0 Å². The van der Waals surface area contributed by atoms with Crippen LogP contribution in [0.1, 0.15) is 32.3 Å². The standard InChI is InChI=1S/C24H33N3O4S/c1-4-31-23-13-11-22(12-14-23)27(32(3,29)30)18-24(28)25-16-20-7-9-21(10-8-20)26-15-5-6-19(2)17-26/h7-14,19H,4-6,15-18H2,1-3H3,(H,25,28). The number of nitrogens with zero attached hydrogens (tertiary/aromatic N) is 2. The second kappa shape index (κ2) is 10.7. The summed E-state index contributed by atoms with van der Waals surface area (Å²) in [7, 11) is -3.62. The van der Waals surface area contributed by atoms with Crippen LogP contribution in [-0.2, 0) is 21.4 Å². The van der Waals surface area contributed by atoms with E-state index in [1.807, 2.05) is 19.1 Å². The predicted octanol–water partition coefficient (Wildman–Crippen LogP) is 3.40. The summed E-state index contributed by atoms with van der Waals surface area (Å²) >= 11 is 0. The van der Waals surface area contributed by atoms with Gasteiger partial charge in [0.15, 0.2) is 0 Å². The molecule has 1 N–H and O–H groups in total. The minimum Gasteiger partial charge on any atom is -0.494 e. The average Bonchev–Trinajstić information content (AvgIpc) is 2.76. The zero-order chi connectivity index (χ0) is 23.1. The number of benzene rings is 2. The zero-order valence-electron chi connectivity index (χ0n) is 19.1. The first-order valence-electron chi connectivity index (χ1n) is 11.1. The number of hydrogen-bond donors (Lipinski definition) is 1. The fraction of sp³-hybridized carbons (Fsp3) is 0.458. The van der Waals surface area contributed by atoms with E-state index >= 15 is 0 Å². The molecule has 0 spiro atoms. The van der Waals surface area contributed by atoms with E-state index in [-0.39, 0.29) is 12.5 Å². The monoisotopic (exact) mass is 459 g/mol. The van der Waals surface area contributed by atoms with Crippen LogP contribution in [0.15, 0.2) is 48.5 Å². The number of hydrogen-bond acceptors (Lipinski definition) is 5. The van der Waals surface area contributed by atoms with Crippen molar-refractivity contribution in [1.82, 2.24) is 5.32 Å². The van der Waals surface area contributed by atoms with E-state index in [4.69, 9.17) is 4.74 Å². The van der Waals surface area contributed by atoms with Crippen LogP contribution in [-0.4, -0.2) is 46.8 Å². The Kier molecular flexibility index (Phi) is 8.01. The Bertz CT molecular complexity index is 991. The lowest BCUT2D eigenvalue weighted by Gasteiger charge is -2.32. The third kappa shape index (κ3) is 6.63. The van der Waals surface area contributed by atoms with Crippen LogP contribution >= 0.6 is 0 Å². The molecule has 0 bridgehead atoms. The first kappa shape index (κ1) is 23.9. The first-order valence-corrected chi connectivity index (χ1v) is 12.9. The molecule has 1 heterocycles. The number of carbonyl (C=O) groups is 1. The van der Waals surface area contributed by atoms with Crippen molar-refractivity contribution < 1.29 is 17.9 Å². The van der Waals surface area contributed by atoms with Gasteiger partial charge in [0.1, 0.15) is 12.3 Å². The Labute approximate surface area is 191 Å². The van der Waals surface area contributed by atoms with E-state index in [1.165, 1.54) is 18.5 Å². The molecule has 2 aromatic carbocycles. The van der Waals surface area contributed by atoms with Crippen molar-refractivity contribution in [3.05, 3.63) is 54.1 Å². The molecular weight excluding hydrogens is 426 g/mol. The lowest BCUT2D eigenvalue weighted by atomic mass is 9.99. The Hall–Kier alpha value is -2.74. The second-order valence-electron chi connectivity index (χ2n) is 8.33. The molecule has 32 heavy (non-hydrogen) atoms. The fourth-order valence-electron chi connectivity index (χ4n) is 3.91. The molecular formula is C24H33N3O4S. The van der Waals surface area contributed by atoms with Crippen LogP contribution in [0.3, 0.4) is 0 Å². The van der Waals surface area contributed by atoms with Crippen LogP contribution < -0.4 is 19.3 Å². The molecule has 7 nitrogen and oxygen atoms in total. The van der Waals surface area contributed by atoms with Crippen LogP contribution in [0.5, 0.6) is 5.75 Å². The summed E-state index contributed by atoms with van der Waals surface area (Å²) in [5.41, 5.74) is 2.59. The average molecular weight is 460 g/mol. The van der Waals surface area contributed by atoms with Gasteiger partial charge in [0.2, 0.25) is 15.9 Å². The molecule has 1 fully saturated rings. The number of sulfonamides is 1. The van der Waals surface area contributed by atoms with Gasteiger partial charge in [-0.2, -0.15) is 0 Å². The van der Waals surface area contributed by atoms with Gasteiger partial charge in [0.05, 0.1) is 18.6 Å². The lowest BCUT2D eigenvalue weighted by Crippen LogP contribution is -2.40. The predicted molar refractivity (Wildman–Crippen MR) is 129 cm³/mol. The molecule has 0 aromatic heterocycles. The highest BCUT2D eigenvalue weighted by Gasteiger charge is 2.21. The molecule has 1 aliphatic rings. The van der Waals surface area contributed by atoms with Crippen molar-refractivity contribution in [2.24, 2.45) is 5.92 Å². The highest BCUT2D eigenvalue weighted by Crippen LogP contribution is 2.24. The summed E-state index contributed by atoms with van der Waals surface area (Å²) in [5.74, 6) is 0.991. The number of carbonyl (C=O) groups excluding carboxylic acids is 1. The number of ether oxygens (including phenoxy) is 1. The van der Waals surface area contributed by atoms with Crippen molar-refractivity contribution in [2.75, 3.05) is 41.7 Å². The highest BCUT2D eigenvalue weighted by molar-refractivity contribution is 7.92. The van der Waals surface area contributed by atoms with Crippen molar-refractivity contribution >= 4 is 27.3 Å². The summed E-state index contributed by atoms with van der Waals surface area (Å²) < 4.78 is 31.0. The number of nitrogens with one attached hydrogen (secondary N) is 1. The molecule has 0 aliphatic carbocycles. The normalized spacial score (nSPS) is 16.5. The molecule has 2 aromatic rings. The van der Waals surface area contributed by atoms with Gasteiger partial charge in [-0.1, -0.05) is 19.1 Å². The summed E-state index contributed by atoms with van der Waals surface area (Å²) in [6.07, 6.45) is 3.59. The van der Waals surface area contributed by atoms with E-state index in [0.717, 1.165) is 29.2 Å². The smallest absolute Gasteiger partial charge is 0.241 e. The van der Waals surface area contributed by atoms with Crippen LogP contribution in [0.2, 0.25) is 0 Å². The largest absolute Gasteiger partial charge is 0.494 e. The van der Waals surface area contributed by atoms with Crippen molar-refractivity contribution in [2.45, 2.75) is 33.2 Å². The Balaban J connectivity index is 1.58. The SMILES string of the molecule is CCOc1ccc(N(CC(=O)NCc2ccc(N3CCCC(C)C3)cc2)S(C)(=O)=O)cc1. The van der Waals surface area contributed by atoms with Crippen LogP contribution in [0, 0.1) is 5.92 Å². The van der Waals surface area contributed by atoms with Gasteiger partial charge in [-0.25, -0.2) is 8.42 Å². The van der Waals surface area contributed by atoms with Gasteiger partial charge >= 0.3 is 0 Å². The van der Waals surface area contributed by atoms with E-state index < -0.39 is 10.0 Å². The minimum atomic E-state index is -3.62. The molecule has 0 radical (unpaired) electrons. The maximum atomic E-state index is 12.5. The molecule has 8 heteroatoms. The third-order valence-corrected chi connectivity index (χ3v) is 6.71. The van der Waals surface area contributed by atoms with E-state index in [0.29, 0.717) is 30.5 Å². The van der Waals surface area contributed by atoms with Gasteiger partial charge in [-0.3, -0.25) is 9.10 Å². The summed E-state index contributed by atoms with van der Waals surface area (Å²) in [4.78, 5) is 14.9. The Morgan fingerprint density at radius 3 is 2.44 bits per heavy atom. The molecule has 1 saturated heterocycles. The maximum Gasteiger partial charge on any atom is 0.241 e. The summed E-state index contributed by atoms with van der Waals surface area (Å²) in [6, 6.07) is 14.9. The van der Waals surface area contributed by atoms with E-state index in [2.05, 4.69) is 29.3 Å². The number of piperidine rings is 1. The number of amides is 1. The molecule has 1 aliphatic heterocycles. The topological polar surface area (TPSA) is 79.0 Å². The van der Waals surface area contributed by atoms with Crippen molar-refractivity contribution in [3.63, 3.8) is 0 Å². The minimum absolute atomic E-state index is 0.281. The first-order chi connectivity index (χ1) is 15.3. The number of anilines is 2. The molecule has 1 atom stereocenters. The molecule has 1 unspecified atom stereocenters. The molecule has 174 valence electrons. The van der Waals surface area contributed by atoms with Gasteiger partial charge in [-0.15, -0.1) is 0 Å². The summed E-state index contributed by atoms with van der Waals surface area (Å²) in [5, 5.41) is 2.83. The molecule has 3 rings (SSSR count). The van der Waals surface area contributed by atoms with Gasteiger partial charge in [0, 0.05) is 25.3 Å². The van der Waals surface area contributed by atoms with Gasteiger partial charge < -0.3 is 15.0 Å². The fourth-order valence-corrected chi connectivity index (χ4v) is 4.77. The van der Waals surface area contributed by atoms with E-state index in [1.54, 1.807) is 24.3 Å². The number of rotatable bonds is 9. The molecule has 0 saturated carbocycles. The van der Waals surface area contributed by atoms with Crippen LogP contribution in [0.25, 0.3) is 0 Å². The van der Waals surface area contributed by atoms with Crippen molar-refractivity contribution in [1.29, 1.82) is 0 Å². The lowest BCUT2D eigenvalue weighted by molar-refractivity contribution is -0.119. The maximum absolute atomic E-state index is 12.5. The van der Waals surface area contributed by atoms with Crippen LogP contribution in [0.4, 0.5) is 11.4 Å². The second-order valence-corrected chi connectivity index (χ2v) is 10.2. The Morgan fingerprint density at radius 1 is 1.16 bits per heavy atom. The van der Waals surface area contributed by atoms with E-state index in [9.17, 15) is 13.2 Å². The zero-order valence-corrected chi connectivity index (χ0v) is 19.9. The molecule has 1 amide bonds. The Morgan fingerprint density at radius 2 is 1.84 bits per heavy atom.